The van der Waals surface area contributed by atoms with Crippen molar-refractivity contribution in [3.63, 3.8) is 0 Å². The van der Waals surface area contributed by atoms with E-state index >= 15 is 0 Å². The summed E-state index contributed by atoms with van der Waals surface area (Å²) in [6, 6.07) is 11.3. The minimum atomic E-state index is -1.18. The standard InChI is InChI=1S/C28H26FN5O8/c1-3-42-24(37)15-30-27-25(17-8-11-22(41-2)21(13-17)34(39)40)32-26-19(5-4-12-33(26)27)28(38)31-20(14-23(35)36)16-6-9-18(29)10-7-16/h4-13,20,30H,3,14-15H2,1-2H3,(H,31,38)(H,35,36). The first-order valence-corrected chi connectivity index (χ1v) is 12.6. The Morgan fingerprint density at radius 2 is 1.90 bits per heavy atom. The minimum absolute atomic E-state index is 0.0267. The smallest absolute Gasteiger partial charge is 0.325 e. The Labute approximate surface area is 238 Å². The normalized spacial score (nSPS) is 11.5. The second-order valence-corrected chi connectivity index (χ2v) is 8.90. The van der Waals surface area contributed by atoms with Crippen LogP contribution in [0.1, 0.15) is 35.3 Å². The van der Waals surface area contributed by atoms with Crippen LogP contribution >= 0.6 is 0 Å². The molecule has 1 atom stereocenters. The maximum absolute atomic E-state index is 13.5. The van der Waals surface area contributed by atoms with E-state index in [0.717, 1.165) is 12.1 Å². The molecule has 0 bridgehead atoms. The summed E-state index contributed by atoms with van der Waals surface area (Å²) >= 11 is 0. The number of anilines is 1. The monoisotopic (exact) mass is 579 g/mol. The number of esters is 1. The van der Waals surface area contributed by atoms with E-state index in [1.807, 2.05) is 0 Å². The molecule has 0 aliphatic rings. The van der Waals surface area contributed by atoms with Crippen LogP contribution in [0.25, 0.3) is 16.9 Å². The second-order valence-electron chi connectivity index (χ2n) is 8.90. The van der Waals surface area contributed by atoms with Gasteiger partial charge in [-0.05, 0) is 48.9 Å². The van der Waals surface area contributed by atoms with E-state index in [9.17, 15) is 34.0 Å². The van der Waals surface area contributed by atoms with Gasteiger partial charge >= 0.3 is 17.6 Å². The summed E-state index contributed by atoms with van der Waals surface area (Å²) in [5, 5.41) is 26.7. The molecule has 2 heterocycles. The number of aliphatic carboxylic acids is 1. The van der Waals surface area contributed by atoms with Gasteiger partial charge in [0.1, 0.15) is 23.9 Å². The van der Waals surface area contributed by atoms with Crippen LogP contribution in [0, 0.1) is 15.9 Å². The Morgan fingerprint density at radius 1 is 1.17 bits per heavy atom. The molecule has 1 unspecified atom stereocenters. The number of hydrogen-bond acceptors (Lipinski definition) is 9. The van der Waals surface area contributed by atoms with Crippen LogP contribution in [-0.2, 0) is 14.3 Å². The number of aromatic nitrogens is 2. The van der Waals surface area contributed by atoms with Crippen molar-refractivity contribution in [1.29, 1.82) is 0 Å². The highest BCUT2D eigenvalue weighted by Crippen LogP contribution is 2.36. The van der Waals surface area contributed by atoms with Gasteiger partial charge in [0.05, 0.1) is 36.7 Å². The predicted molar refractivity (Wildman–Crippen MR) is 148 cm³/mol. The molecule has 2 aromatic heterocycles. The number of carboxylic acid groups (broad SMARTS) is 1. The molecular formula is C28H26FN5O8. The number of nitrogens with one attached hydrogen (secondary N) is 2. The van der Waals surface area contributed by atoms with Gasteiger partial charge < -0.3 is 25.2 Å². The Kier molecular flexibility index (Phi) is 8.95. The number of nitro benzene ring substituents is 1. The summed E-state index contributed by atoms with van der Waals surface area (Å²) < 4.78 is 25.0. The maximum Gasteiger partial charge on any atom is 0.325 e. The van der Waals surface area contributed by atoms with Crippen molar-refractivity contribution in [2.75, 3.05) is 25.6 Å². The first kappa shape index (κ1) is 29.5. The number of imidazole rings is 1. The Morgan fingerprint density at radius 3 is 2.55 bits per heavy atom. The number of rotatable bonds is 12. The van der Waals surface area contributed by atoms with Gasteiger partial charge in [0, 0.05) is 17.8 Å². The lowest BCUT2D eigenvalue weighted by Crippen LogP contribution is -2.30. The molecule has 0 aliphatic heterocycles. The maximum atomic E-state index is 13.5. The van der Waals surface area contributed by atoms with Crippen molar-refractivity contribution in [3.8, 4) is 17.0 Å². The predicted octanol–water partition coefficient (Wildman–Crippen LogP) is 3.98. The van der Waals surface area contributed by atoms with Crippen LogP contribution in [0.2, 0.25) is 0 Å². The molecule has 1 amide bonds. The number of carboxylic acids is 1. The fraction of sp³-hybridized carbons (Fsp3) is 0.214. The van der Waals surface area contributed by atoms with Gasteiger partial charge in [-0.1, -0.05) is 12.1 Å². The third kappa shape index (κ3) is 6.43. The number of carbonyl (C=O) groups excluding carboxylic acids is 2. The molecule has 14 heteroatoms. The van der Waals surface area contributed by atoms with E-state index in [1.54, 1.807) is 25.3 Å². The SMILES string of the molecule is CCOC(=O)CNc1c(-c2ccc(OC)c([N+](=O)[O-])c2)nc2c(C(=O)NC(CC(=O)O)c3ccc(F)cc3)cccn12. The molecule has 42 heavy (non-hydrogen) atoms. The zero-order chi connectivity index (χ0) is 30.4. The quantitative estimate of drug-likeness (QED) is 0.126. The lowest BCUT2D eigenvalue weighted by Gasteiger charge is -2.18. The van der Waals surface area contributed by atoms with Gasteiger partial charge in [0.25, 0.3) is 5.91 Å². The Balaban J connectivity index is 1.81. The summed E-state index contributed by atoms with van der Waals surface area (Å²) in [6.45, 7) is 1.54. The molecule has 0 fully saturated rings. The number of ether oxygens (including phenoxy) is 2. The van der Waals surface area contributed by atoms with E-state index < -0.39 is 41.0 Å². The van der Waals surface area contributed by atoms with Crippen LogP contribution in [0.5, 0.6) is 5.75 Å². The topological polar surface area (TPSA) is 174 Å². The van der Waals surface area contributed by atoms with Crippen molar-refractivity contribution in [1.82, 2.24) is 14.7 Å². The van der Waals surface area contributed by atoms with E-state index in [1.165, 1.54) is 41.8 Å². The number of pyridine rings is 1. The number of benzene rings is 2. The van der Waals surface area contributed by atoms with Gasteiger partial charge in [0.2, 0.25) is 0 Å². The number of methoxy groups -OCH3 is 1. The lowest BCUT2D eigenvalue weighted by molar-refractivity contribution is -0.385. The molecule has 2 aromatic carbocycles. The number of nitrogens with zero attached hydrogens (tertiary/aromatic N) is 3. The summed E-state index contributed by atoms with van der Waals surface area (Å²) in [5.74, 6) is -2.67. The molecule has 0 aliphatic carbocycles. The third-order valence-corrected chi connectivity index (χ3v) is 6.21. The summed E-state index contributed by atoms with van der Waals surface area (Å²) in [4.78, 5) is 52.8. The third-order valence-electron chi connectivity index (χ3n) is 6.21. The van der Waals surface area contributed by atoms with Gasteiger partial charge in [-0.3, -0.25) is 28.9 Å². The van der Waals surface area contributed by atoms with Crippen molar-refractivity contribution >= 4 is 35.0 Å². The summed E-state index contributed by atoms with van der Waals surface area (Å²) in [7, 11) is 1.30. The molecule has 0 saturated carbocycles. The average Bonchev–Trinajstić information content (AvgIpc) is 3.34. The highest BCUT2D eigenvalue weighted by molar-refractivity contribution is 6.01. The van der Waals surface area contributed by atoms with Crippen molar-refractivity contribution < 1.29 is 38.3 Å². The molecule has 3 N–H and O–H groups in total. The molecule has 0 spiro atoms. The highest BCUT2D eigenvalue weighted by atomic mass is 19.1. The van der Waals surface area contributed by atoms with Crippen LogP contribution in [0.15, 0.2) is 60.8 Å². The number of nitro groups is 1. The van der Waals surface area contributed by atoms with Crippen molar-refractivity contribution in [2.24, 2.45) is 0 Å². The van der Waals surface area contributed by atoms with Crippen LogP contribution in [-0.4, -0.2) is 57.5 Å². The van der Waals surface area contributed by atoms with E-state index in [4.69, 9.17) is 9.47 Å². The van der Waals surface area contributed by atoms with Crippen LogP contribution in [0.4, 0.5) is 15.9 Å². The van der Waals surface area contributed by atoms with Gasteiger partial charge in [-0.15, -0.1) is 0 Å². The van der Waals surface area contributed by atoms with Crippen LogP contribution < -0.4 is 15.4 Å². The molecule has 0 radical (unpaired) electrons. The molecule has 4 rings (SSSR count). The first-order valence-electron chi connectivity index (χ1n) is 12.6. The number of fused-ring (bicyclic) bond motifs is 1. The summed E-state index contributed by atoms with van der Waals surface area (Å²) in [6.07, 6.45) is 1.10. The molecule has 218 valence electrons. The first-order chi connectivity index (χ1) is 20.1. The zero-order valence-corrected chi connectivity index (χ0v) is 22.5. The minimum Gasteiger partial charge on any atom is -0.490 e. The Hall–Kier alpha value is -5.53. The zero-order valence-electron chi connectivity index (χ0n) is 22.5. The fourth-order valence-corrected chi connectivity index (χ4v) is 4.32. The van der Waals surface area contributed by atoms with E-state index in [2.05, 4.69) is 15.6 Å². The van der Waals surface area contributed by atoms with Crippen molar-refractivity contribution in [3.05, 3.63) is 87.9 Å². The van der Waals surface area contributed by atoms with Crippen LogP contribution in [0.3, 0.4) is 0 Å². The molecule has 0 saturated heterocycles. The Bertz CT molecular complexity index is 1650. The summed E-state index contributed by atoms with van der Waals surface area (Å²) in [5.41, 5.74) is 0.694. The van der Waals surface area contributed by atoms with E-state index in [-0.39, 0.29) is 47.3 Å². The molecule has 4 aromatic rings. The van der Waals surface area contributed by atoms with E-state index in [0.29, 0.717) is 11.1 Å². The molecule has 13 nitrogen and oxygen atoms in total. The number of hydrogen-bond donors (Lipinski definition) is 3. The van der Waals surface area contributed by atoms with Gasteiger partial charge in [0.15, 0.2) is 11.4 Å². The fourth-order valence-electron chi connectivity index (χ4n) is 4.32. The lowest BCUT2D eigenvalue weighted by atomic mass is 10.0. The largest absolute Gasteiger partial charge is 0.490 e. The number of amides is 1. The highest BCUT2D eigenvalue weighted by Gasteiger charge is 2.25. The molecular weight excluding hydrogens is 553 g/mol. The average molecular weight is 580 g/mol. The number of carbonyl (C=O) groups is 3. The number of halogens is 1. The van der Waals surface area contributed by atoms with Gasteiger partial charge in [-0.2, -0.15) is 0 Å². The van der Waals surface area contributed by atoms with Crippen molar-refractivity contribution in [2.45, 2.75) is 19.4 Å². The second kappa shape index (κ2) is 12.8. The van der Waals surface area contributed by atoms with Gasteiger partial charge in [-0.25, -0.2) is 9.37 Å².